The zero-order chi connectivity index (χ0) is 21.4. The highest BCUT2D eigenvalue weighted by Gasteiger charge is 2.20. The van der Waals surface area contributed by atoms with E-state index in [1.807, 2.05) is 24.3 Å². The second-order valence-corrected chi connectivity index (χ2v) is 7.74. The number of nitrogens with zero attached hydrogens (tertiary/aromatic N) is 3. The van der Waals surface area contributed by atoms with Crippen molar-refractivity contribution >= 4 is 22.3 Å². The quantitative estimate of drug-likeness (QED) is 0.518. The van der Waals surface area contributed by atoms with Gasteiger partial charge in [-0.25, -0.2) is 0 Å². The fourth-order valence-corrected chi connectivity index (χ4v) is 3.69. The molecule has 1 aliphatic heterocycles. The number of fused-ring (bicyclic) bond motifs is 2. The van der Waals surface area contributed by atoms with E-state index in [4.69, 9.17) is 9.47 Å². The summed E-state index contributed by atoms with van der Waals surface area (Å²) >= 11 is 0. The highest BCUT2D eigenvalue weighted by Crippen LogP contribution is 2.39. The number of aromatic amines is 1. The topological polar surface area (TPSA) is 80.3 Å². The molecule has 1 N–H and O–H groups in total. The molecule has 31 heavy (non-hydrogen) atoms. The van der Waals surface area contributed by atoms with E-state index in [2.05, 4.69) is 51.9 Å². The van der Waals surface area contributed by atoms with Crippen LogP contribution in [0.5, 0.6) is 17.5 Å². The van der Waals surface area contributed by atoms with E-state index >= 15 is 0 Å². The molecule has 7 heteroatoms. The number of rotatable bonds is 4. The summed E-state index contributed by atoms with van der Waals surface area (Å²) in [6, 6.07) is 15.9. The maximum absolute atomic E-state index is 12.2. The molecule has 0 aliphatic carbocycles. The Hall–Kier alpha value is -3.87. The van der Waals surface area contributed by atoms with Crippen molar-refractivity contribution in [2.24, 2.45) is 0 Å². The SMILES string of the molecule is CC(C)c1ccc2c(c1)OCCN2c1ccc(Oc2nc3cnccc3c(=O)[nH]2)cc1. The summed E-state index contributed by atoms with van der Waals surface area (Å²) in [6.45, 7) is 5.74. The summed E-state index contributed by atoms with van der Waals surface area (Å²) in [5, 5.41) is 0.476. The summed E-state index contributed by atoms with van der Waals surface area (Å²) in [5.41, 5.74) is 3.58. The number of hydrogen-bond acceptors (Lipinski definition) is 6. The van der Waals surface area contributed by atoms with E-state index in [0.29, 0.717) is 29.2 Å². The van der Waals surface area contributed by atoms with Gasteiger partial charge in [-0.1, -0.05) is 19.9 Å². The monoisotopic (exact) mass is 414 g/mol. The molecule has 0 saturated carbocycles. The number of hydrogen-bond donors (Lipinski definition) is 1. The first-order chi connectivity index (χ1) is 15.1. The van der Waals surface area contributed by atoms with Crippen molar-refractivity contribution in [1.82, 2.24) is 15.0 Å². The van der Waals surface area contributed by atoms with Gasteiger partial charge in [0.05, 0.1) is 29.3 Å². The van der Waals surface area contributed by atoms with Crippen LogP contribution in [-0.4, -0.2) is 28.1 Å². The van der Waals surface area contributed by atoms with Gasteiger partial charge in [-0.2, -0.15) is 4.98 Å². The summed E-state index contributed by atoms with van der Waals surface area (Å²) < 4.78 is 11.7. The first kappa shape index (κ1) is 19.1. The molecule has 0 saturated heterocycles. The number of ether oxygens (including phenoxy) is 2. The van der Waals surface area contributed by atoms with Crippen LogP contribution in [0.2, 0.25) is 0 Å². The third-order valence-corrected chi connectivity index (χ3v) is 5.36. The molecule has 7 nitrogen and oxygen atoms in total. The van der Waals surface area contributed by atoms with Crippen LogP contribution in [0.1, 0.15) is 25.3 Å². The lowest BCUT2D eigenvalue weighted by Crippen LogP contribution is -2.28. The Balaban J connectivity index is 1.40. The Morgan fingerprint density at radius 1 is 1.13 bits per heavy atom. The van der Waals surface area contributed by atoms with E-state index in [-0.39, 0.29) is 11.6 Å². The lowest BCUT2D eigenvalue weighted by atomic mass is 10.0. The molecule has 0 atom stereocenters. The smallest absolute Gasteiger partial charge is 0.302 e. The van der Waals surface area contributed by atoms with Crippen LogP contribution in [0.4, 0.5) is 11.4 Å². The molecule has 0 spiro atoms. The Morgan fingerprint density at radius 3 is 2.77 bits per heavy atom. The van der Waals surface area contributed by atoms with Gasteiger partial charge in [0.1, 0.15) is 18.1 Å². The Morgan fingerprint density at radius 2 is 1.97 bits per heavy atom. The summed E-state index contributed by atoms with van der Waals surface area (Å²) in [6.07, 6.45) is 3.10. The number of nitrogens with one attached hydrogen (secondary N) is 1. The highest BCUT2D eigenvalue weighted by atomic mass is 16.5. The second-order valence-electron chi connectivity index (χ2n) is 7.74. The van der Waals surface area contributed by atoms with Crippen LogP contribution < -0.4 is 19.9 Å². The fraction of sp³-hybridized carbons (Fsp3) is 0.208. The molecule has 5 rings (SSSR count). The third-order valence-electron chi connectivity index (χ3n) is 5.36. The van der Waals surface area contributed by atoms with E-state index in [0.717, 1.165) is 23.7 Å². The van der Waals surface area contributed by atoms with Gasteiger partial charge in [0.15, 0.2) is 0 Å². The van der Waals surface area contributed by atoms with Gasteiger partial charge in [0.25, 0.3) is 5.56 Å². The number of pyridine rings is 1. The van der Waals surface area contributed by atoms with E-state index in [1.165, 1.54) is 5.56 Å². The van der Waals surface area contributed by atoms with Crippen LogP contribution >= 0.6 is 0 Å². The number of benzene rings is 2. The maximum Gasteiger partial charge on any atom is 0.302 e. The molecule has 0 amide bonds. The number of H-pyrrole nitrogens is 1. The fourth-order valence-electron chi connectivity index (χ4n) is 3.69. The molecule has 0 fully saturated rings. The standard InChI is InChI=1S/C24H22N4O3/c1-15(2)16-3-8-21-22(13-16)30-12-11-28(21)17-4-6-18(7-5-17)31-24-26-20-14-25-10-9-19(20)23(29)27-24/h3-10,13-15H,11-12H2,1-2H3,(H,26,27,29). The van der Waals surface area contributed by atoms with Crippen LogP contribution in [0.15, 0.2) is 65.7 Å². The second kappa shape index (κ2) is 7.75. The maximum atomic E-state index is 12.2. The molecule has 0 bridgehead atoms. The Bertz CT molecular complexity index is 1300. The van der Waals surface area contributed by atoms with E-state index < -0.39 is 0 Å². The minimum atomic E-state index is -0.260. The molecule has 1 aliphatic rings. The van der Waals surface area contributed by atoms with Gasteiger partial charge in [-0.3, -0.25) is 14.8 Å². The summed E-state index contributed by atoms with van der Waals surface area (Å²) in [4.78, 5) is 25.4. The van der Waals surface area contributed by atoms with Crippen molar-refractivity contribution in [1.29, 1.82) is 0 Å². The van der Waals surface area contributed by atoms with E-state index in [1.54, 1.807) is 18.5 Å². The predicted molar refractivity (Wildman–Crippen MR) is 120 cm³/mol. The molecule has 156 valence electrons. The highest BCUT2D eigenvalue weighted by molar-refractivity contribution is 5.76. The average molecular weight is 414 g/mol. The summed E-state index contributed by atoms with van der Waals surface area (Å²) in [7, 11) is 0. The van der Waals surface area contributed by atoms with Crippen molar-refractivity contribution in [2.75, 3.05) is 18.1 Å². The zero-order valence-corrected chi connectivity index (χ0v) is 17.3. The van der Waals surface area contributed by atoms with Crippen molar-refractivity contribution in [3.63, 3.8) is 0 Å². The van der Waals surface area contributed by atoms with Crippen LogP contribution in [0, 0.1) is 0 Å². The molecular formula is C24H22N4O3. The van der Waals surface area contributed by atoms with Crippen molar-refractivity contribution in [2.45, 2.75) is 19.8 Å². The van der Waals surface area contributed by atoms with Gasteiger partial charge in [-0.05, 0) is 53.9 Å². The molecular weight excluding hydrogens is 392 g/mol. The van der Waals surface area contributed by atoms with Gasteiger partial charge in [-0.15, -0.1) is 0 Å². The van der Waals surface area contributed by atoms with Crippen LogP contribution in [0.3, 0.4) is 0 Å². The first-order valence-corrected chi connectivity index (χ1v) is 10.2. The van der Waals surface area contributed by atoms with Crippen LogP contribution in [0.25, 0.3) is 10.9 Å². The summed E-state index contributed by atoms with van der Waals surface area (Å²) in [5.74, 6) is 1.94. The van der Waals surface area contributed by atoms with Crippen molar-refractivity contribution in [3.05, 3.63) is 76.8 Å². The van der Waals surface area contributed by atoms with Crippen molar-refractivity contribution in [3.8, 4) is 17.5 Å². The molecule has 3 heterocycles. The first-order valence-electron chi connectivity index (χ1n) is 10.2. The van der Waals surface area contributed by atoms with Gasteiger partial charge >= 0.3 is 6.01 Å². The number of aromatic nitrogens is 3. The van der Waals surface area contributed by atoms with E-state index in [9.17, 15) is 4.79 Å². The molecule has 0 radical (unpaired) electrons. The van der Waals surface area contributed by atoms with Gasteiger partial charge in [0.2, 0.25) is 0 Å². The minimum absolute atomic E-state index is 0.135. The largest absolute Gasteiger partial charge is 0.490 e. The molecule has 2 aromatic carbocycles. The lowest BCUT2D eigenvalue weighted by molar-refractivity contribution is 0.313. The number of anilines is 2. The van der Waals surface area contributed by atoms with Crippen LogP contribution in [-0.2, 0) is 0 Å². The third kappa shape index (κ3) is 3.70. The zero-order valence-electron chi connectivity index (χ0n) is 17.3. The molecule has 2 aromatic heterocycles. The molecule has 4 aromatic rings. The lowest BCUT2D eigenvalue weighted by Gasteiger charge is -2.32. The Kier molecular flexibility index (Phi) is 4.78. The van der Waals surface area contributed by atoms with Gasteiger partial charge in [0, 0.05) is 11.9 Å². The Labute approximate surface area is 179 Å². The average Bonchev–Trinajstić information content (AvgIpc) is 2.79. The molecule has 0 unspecified atom stereocenters. The normalized spacial score (nSPS) is 13.2. The van der Waals surface area contributed by atoms with Gasteiger partial charge < -0.3 is 14.4 Å². The predicted octanol–water partition coefficient (Wildman–Crippen LogP) is 4.76. The van der Waals surface area contributed by atoms with Crippen molar-refractivity contribution < 1.29 is 9.47 Å². The minimum Gasteiger partial charge on any atom is -0.490 e.